The van der Waals surface area contributed by atoms with E-state index < -0.39 is 12.5 Å². The molecule has 1 aliphatic heterocycles. The molecule has 1 aliphatic rings. The summed E-state index contributed by atoms with van der Waals surface area (Å²) in [5, 5.41) is 0. The van der Waals surface area contributed by atoms with E-state index in [0.717, 1.165) is 6.54 Å². The van der Waals surface area contributed by atoms with Crippen LogP contribution in [0.15, 0.2) is 0 Å². The summed E-state index contributed by atoms with van der Waals surface area (Å²) >= 11 is 0. The lowest BCUT2D eigenvalue weighted by atomic mass is 10.4. The number of ether oxygens (including phenoxy) is 1. The minimum atomic E-state index is -4.59. The molecule has 1 N–H and O–H groups in total. The number of rotatable bonds is 1. The minimum absolute atomic E-state index is 0.112. The van der Waals surface area contributed by atoms with Gasteiger partial charge in [-0.25, -0.2) is 0 Å². The Morgan fingerprint density at radius 2 is 2.30 bits per heavy atom. The van der Waals surface area contributed by atoms with E-state index in [4.69, 9.17) is 0 Å². The van der Waals surface area contributed by atoms with Gasteiger partial charge in [0, 0.05) is 0 Å². The van der Waals surface area contributed by atoms with Crippen molar-refractivity contribution in [2.24, 2.45) is 0 Å². The maximum Gasteiger partial charge on any atom is 0.522 e. The molecule has 0 aromatic carbocycles. The highest BCUT2D eigenvalue weighted by Crippen LogP contribution is 2.20. The van der Waals surface area contributed by atoms with Crippen molar-refractivity contribution in [3.63, 3.8) is 0 Å². The Morgan fingerprint density at radius 1 is 1.60 bits per heavy atom. The van der Waals surface area contributed by atoms with Crippen LogP contribution in [-0.4, -0.2) is 19.1 Å². The molecule has 0 aromatic rings. The number of hydrogen-bond donors (Lipinski definition) is 1. The van der Waals surface area contributed by atoms with Crippen LogP contribution < -0.4 is 5.48 Å². The van der Waals surface area contributed by atoms with Crippen LogP contribution in [0.4, 0.5) is 13.2 Å². The van der Waals surface area contributed by atoms with Gasteiger partial charge >= 0.3 is 6.36 Å². The fourth-order valence-electron chi connectivity index (χ4n) is 0.542. The molecule has 1 rings (SSSR count). The van der Waals surface area contributed by atoms with Crippen molar-refractivity contribution in [2.75, 3.05) is 6.61 Å². The average Bonchev–Trinajstić information content (AvgIpc) is 2.12. The molecular weight excluding hydrogens is 151 g/mol. The highest BCUT2D eigenvalue weighted by Gasteiger charge is 2.35. The van der Waals surface area contributed by atoms with Crippen LogP contribution in [0.1, 0.15) is 0 Å². The van der Waals surface area contributed by atoms with Crippen LogP contribution in [0.3, 0.4) is 0 Å². The van der Waals surface area contributed by atoms with E-state index in [1.54, 1.807) is 0 Å². The van der Waals surface area contributed by atoms with E-state index >= 15 is 0 Å². The van der Waals surface area contributed by atoms with Gasteiger partial charge in [0.25, 0.3) is 0 Å². The summed E-state index contributed by atoms with van der Waals surface area (Å²) in [4.78, 5) is 4.37. The van der Waals surface area contributed by atoms with E-state index in [1.165, 1.54) is 0 Å². The summed E-state index contributed by atoms with van der Waals surface area (Å²) < 4.78 is 37.7. The first-order chi connectivity index (χ1) is 4.58. The summed E-state index contributed by atoms with van der Waals surface area (Å²) in [5.41, 5.74) is 2.14. The number of hydroxylamine groups is 1. The lowest BCUT2D eigenvalue weighted by Crippen LogP contribution is -2.24. The monoisotopic (exact) mass is 156 g/mol. The van der Waals surface area contributed by atoms with Crippen LogP contribution >= 0.6 is 0 Å². The third-order valence-electron chi connectivity index (χ3n) is 0.870. The second kappa shape index (κ2) is 2.73. The fraction of sp³-hybridized carbons (Fsp3) is 0.750. The predicted molar refractivity (Wildman–Crippen MR) is 24.3 cm³/mol. The smallest absolute Gasteiger partial charge is 0.299 e. The van der Waals surface area contributed by atoms with Gasteiger partial charge in [-0.15, -0.1) is 13.2 Å². The number of nitrogens with one attached hydrogen (secondary N) is 1. The van der Waals surface area contributed by atoms with E-state index in [1.807, 2.05) is 0 Å². The first-order valence-electron chi connectivity index (χ1n) is 2.53. The van der Waals surface area contributed by atoms with E-state index in [2.05, 4.69) is 15.1 Å². The molecule has 0 aromatic heterocycles. The molecular formula is C4H5F3NO2. The van der Waals surface area contributed by atoms with Crippen LogP contribution in [0.25, 0.3) is 0 Å². The second-order valence-electron chi connectivity index (χ2n) is 1.70. The predicted octanol–water partition coefficient (Wildman–Crippen LogP) is 0.588. The molecule has 0 amide bonds. The molecule has 59 valence electrons. The quantitative estimate of drug-likeness (QED) is 0.602. The molecule has 3 nitrogen and oxygen atoms in total. The largest absolute Gasteiger partial charge is 0.522 e. The molecule has 10 heavy (non-hydrogen) atoms. The summed E-state index contributed by atoms with van der Waals surface area (Å²) in [7, 11) is 0. The molecule has 0 saturated carbocycles. The van der Waals surface area contributed by atoms with Gasteiger partial charge in [0.2, 0.25) is 0 Å². The van der Waals surface area contributed by atoms with Crippen molar-refractivity contribution in [3.05, 3.63) is 6.54 Å². The maximum absolute atomic E-state index is 11.4. The standard InChI is InChI=1S/C4H5F3NO2/c5-4(6,7)10-3-1-8-9-2-3/h1,3,8H,2H2. The van der Waals surface area contributed by atoms with Gasteiger partial charge in [-0.05, 0) is 0 Å². The average molecular weight is 156 g/mol. The van der Waals surface area contributed by atoms with Gasteiger partial charge in [-0.2, -0.15) is 5.48 Å². The van der Waals surface area contributed by atoms with Gasteiger partial charge < -0.3 is 0 Å². The van der Waals surface area contributed by atoms with Crippen molar-refractivity contribution >= 4 is 0 Å². The zero-order valence-electron chi connectivity index (χ0n) is 4.81. The Labute approximate surface area is 55.1 Å². The lowest BCUT2D eigenvalue weighted by Gasteiger charge is -2.10. The zero-order chi connectivity index (χ0) is 7.61. The van der Waals surface area contributed by atoms with Gasteiger partial charge in [-0.3, -0.25) is 9.57 Å². The van der Waals surface area contributed by atoms with Gasteiger partial charge in [0.1, 0.15) is 6.10 Å². The van der Waals surface area contributed by atoms with Crippen LogP contribution in [0.2, 0.25) is 0 Å². The summed E-state index contributed by atoms with van der Waals surface area (Å²) in [6.45, 7) is 0.979. The Balaban J connectivity index is 2.24. The highest BCUT2D eigenvalue weighted by atomic mass is 19.4. The van der Waals surface area contributed by atoms with Crippen molar-refractivity contribution in [3.8, 4) is 0 Å². The molecule has 6 heteroatoms. The molecule has 0 bridgehead atoms. The van der Waals surface area contributed by atoms with Crippen molar-refractivity contribution < 1.29 is 22.7 Å². The molecule has 1 fully saturated rings. The Hall–Kier alpha value is -0.330. The van der Waals surface area contributed by atoms with Gasteiger partial charge in [0.05, 0.1) is 13.2 Å². The molecule has 1 atom stereocenters. The normalized spacial score (nSPS) is 27.3. The zero-order valence-corrected chi connectivity index (χ0v) is 4.81. The van der Waals surface area contributed by atoms with Gasteiger partial charge in [-0.1, -0.05) is 0 Å². The van der Waals surface area contributed by atoms with E-state index in [0.29, 0.717) is 0 Å². The lowest BCUT2D eigenvalue weighted by molar-refractivity contribution is -0.337. The molecule has 1 saturated heterocycles. The minimum Gasteiger partial charge on any atom is -0.299 e. The van der Waals surface area contributed by atoms with Crippen LogP contribution in [0.5, 0.6) is 0 Å². The fourth-order valence-corrected chi connectivity index (χ4v) is 0.542. The maximum atomic E-state index is 11.4. The summed E-state index contributed by atoms with van der Waals surface area (Å²) in [6.07, 6.45) is -5.61. The van der Waals surface area contributed by atoms with Crippen LogP contribution in [-0.2, 0) is 9.57 Å². The molecule has 0 spiro atoms. The SMILES string of the molecule is FC(F)(F)OC1[CH]NOC1. The first kappa shape index (κ1) is 7.77. The van der Waals surface area contributed by atoms with Crippen LogP contribution in [0, 0.1) is 6.54 Å². The summed E-state index contributed by atoms with van der Waals surface area (Å²) in [6, 6.07) is 0. The first-order valence-corrected chi connectivity index (χ1v) is 2.53. The molecule has 1 radical (unpaired) electrons. The topological polar surface area (TPSA) is 30.5 Å². The Morgan fingerprint density at radius 3 is 2.70 bits per heavy atom. The third-order valence-corrected chi connectivity index (χ3v) is 0.870. The second-order valence-corrected chi connectivity index (χ2v) is 1.70. The molecule has 1 heterocycles. The number of hydrogen-bond acceptors (Lipinski definition) is 3. The van der Waals surface area contributed by atoms with Crippen molar-refractivity contribution in [2.45, 2.75) is 12.5 Å². The van der Waals surface area contributed by atoms with E-state index in [9.17, 15) is 13.2 Å². The molecule has 0 aliphatic carbocycles. The van der Waals surface area contributed by atoms with Crippen molar-refractivity contribution in [1.29, 1.82) is 0 Å². The van der Waals surface area contributed by atoms with Crippen molar-refractivity contribution in [1.82, 2.24) is 5.48 Å². The number of alkyl halides is 3. The highest BCUT2D eigenvalue weighted by molar-refractivity contribution is 4.75. The Kier molecular flexibility index (Phi) is 2.12. The Bertz CT molecular complexity index is 110. The van der Waals surface area contributed by atoms with E-state index in [-0.39, 0.29) is 6.61 Å². The molecule has 1 unspecified atom stereocenters. The van der Waals surface area contributed by atoms with Gasteiger partial charge in [0.15, 0.2) is 0 Å². The number of halogens is 3. The summed E-state index contributed by atoms with van der Waals surface area (Å²) in [5.74, 6) is 0. The third kappa shape index (κ3) is 2.51.